The van der Waals surface area contributed by atoms with Crippen molar-refractivity contribution in [3.05, 3.63) is 61.3 Å². The summed E-state index contributed by atoms with van der Waals surface area (Å²) in [6, 6.07) is 6.74. The highest BCUT2D eigenvalue weighted by atomic mass is 16.6. The number of carbonyl (C=O) groups excluding carboxylic acids is 1. The van der Waals surface area contributed by atoms with Crippen LogP contribution in [0.2, 0.25) is 0 Å². The molecule has 2 heterocycles. The highest BCUT2D eigenvalue weighted by molar-refractivity contribution is 5.94. The van der Waals surface area contributed by atoms with Gasteiger partial charge in [-0.2, -0.15) is 0 Å². The summed E-state index contributed by atoms with van der Waals surface area (Å²) in [5, 5.41) is 13.5. The molecule has 2 aromatic rings. The Balaban J connectivity index is 1.66. The van der Waals surface area contributed by atoms with E-state index in [2.05, 4.69) is 5.32 Å². The standard InChI is InChI=1S/C20H26N6O5/c1-14(19(28)21-15-5-7-16(8-6-15)26(30)31)24-9-4-10-25(12-11-24)17-13-18(27)23(3)20(29)22(17)2/h5-8,13-14H,4,9-12H2,1-3H3,(H,21,28). The normalized spacial score (nSPS) is 15.9. The minimum atomic E-state index is -0.491. The molecule has 11 heteroatoms. The van der Waals surface area contributed by atoms with Gasteiger partial charge in [0.1, 0.15) is 5.82 Å². The Morgan fingerprint density at radius 3 is 2.39 bits per heavy atom. The molecule has 11 nitrogen and oxygen atoms in total. The summed E-state index contributed by atoms with van der Waals surface area (Å²) in [6.07, 6.45) is 0.762. The Bertz CT molecular complexity index is 1090. The van der Waals surface area contributed by atoms with Gasteiger partial charge in [-0.15, -0.1) is 0 Å². The molecule has 0 radical (unpaired) electrons. The van der Waals surface area contributed by atoms with Gasteiger partial charge in [0.05, 0.1) is 11.0 Å². The Hall–Kier alpha value is -3.47. The van der Waals surface area contributed by atoms with Crippen molar-refractivity contribution in [2.75, 3.05) is 36.4 Å². The van der Waals surface area contributed by atoms with Gasteiger partial charge in [0.25, 0.3) is 11.2 Å². The van der Waals surface area contributed by atoms with Crippen LogP contribution in [0.4, 0.5) is 17.2 Å². The summed E-state index contributed by atoms with van der Waals surface area (Å²) in [5.74, 6) is 0.362. The molecule has 1 amide bonds. The minimum absolute atomic E-state index is 0.0381. The van der Waals surface area contributed by atoms with E-state index in [4.69, 9.17) is 0 Å². The molecule has 31 heavy (non-hydrogen) atoms. The zero-order valence-electron chi connectivity index (χ0n) is 17.8. The molecule has 0 bridgehead atoms. The van der Waals surface area contributed by atoms with Crippen molar-refractivity contribution >= 4 is 23.1 Å². The Labute approximate surface area is 178 Å². The molecular formula is C20H26N6O5. The zero-order valence-corrected chi connectivity index (χ0v) is 17.8. The number of carbonyl (C=O) groups is 1. The molecule has 1 unspecified atom stereocenters. The Morgan fingerprint density at radius 2 is 1.74 bits per heavy atom. The second-order valence-corrected chi connectivity index (χ2v) is 7.59. The SMILES string of the molecule is CC(C(=O)Nc1ccc([N+](=O)[O-])cc1)N1CCCN(c2cc(=O)n(C)c(=O)n2C)CC1. The number of aromatic nitrogens is 2. The predicted octanol–water partition coefficient (Wildman–Crippen LogP) is 0.532. The molecule has 1 saturated heterocycles. The van der Waals surface area contributed by atoms with E-state index in [1.807, 2.05) is 16.7 Å². The van der Waals surface area contributed by atoms with Crippen LogP contribution in [0.25, 0.3) is 0 Å². The van der Waals surface area contributed by atoms with E-state index in [0.717, 1.165) is 11.0 Å². The molecule has 1 aliphatic heterocycles. The topological polar surface area (TPSA) is 123 Å². The minimum Gasteiger partial charge on any atom is -0.356 e. The monoisotopic (exact) mass is 430 g/mol. The molecular weight excluding hydrogens is 404 g/mol. The fraction of sp³-hybridized carbons (Fsp3) is 0.450. The van der Waals surface area contributed by atoms with Crippen LogP contribution in [-0.2, 0) is 18.9 Å². The molecule has 0 aliphatic carbocycles. The van der Waals surface area contributed by atoms with Crippen molar-refractivity contribution in [3.63, 3.8) is 0 Å². The van der Waals surface area contributed by atoms with Gasteiger partial charge < -0.3 is 10.2 Å². The van der Waals surface area contributed by atoms with Gasteiger partial charge in [-0.25, -0.2) is 4.79 Å². The van der Waals surface area contributed by atoms with E-state index < -0.39 is 11.0 Å². The molecule has 1 aromatic carbocycles. The zero-order chi connectivity index (χ0) is 22.7. The summed E-state index contributed by atoms with van der Waals surface area (Å²) in [6.45, 7) is 4.30. The lowest BCUT2D eigenvalue weighted by molar-refractivity contribution is -0.384. The van der Waals surface area contributed by atoms with Crippen LogP contribution in [0, 0.1) is 10.1 Å². The van der Waals surface area contributed by atoms with Crippen LogP contribution < -0.4 is 21.5 Å². The number of nitro benzene ring substituents is 1. The number of anilines is 2. The number of nitro groups is 1. The number of nitrogens with zero attached hydrogens (tertiary/aromatic N) is 5. The molecule has 0 spiro atoms. The van der Waals surface area contributed by atoms with Crippen molar-refractivity contribution in [1.82, 2.24) is 14.0 Å². The predicted molar refractivity (Wildman–Crippen MR) is 117 cm³/mol. The number of amides is 1. The maximum Gasteiger partial charge on any atom is 0.332 e. The molecule has 1 aromatic heterocycles. The smallest absolute Gasteiger partial charge is 0.332 e. The van der Waals surface area contributed by atoms with Crippen molar-refractivity contribution < 1.29 is 9.72 Å². The quantitative estimate of drug-likeness (QED) is 0.542. The van der Waals surface area contributed by atoms with Gasteiger partial charge in [-0.1, -0.05) is 0 Å². The van der Waals surface area contributed by atoms with E-state index in [1.165, 1.54) is 41.9 Å². The number of hydrogen-bond acceptors (Lipinski definition) is 7. The van der Waals surface area contributed by atoms with Crippen molar-refractivity contribution in [2.24, 2.45) is 14.1 Å². The van der Waals surface area contributed by atoms with Crippen LogP contribution in [0.3, 0.4) is 0 Å². The second kappa shape index (κ2) is 9.13. The largest absolute Gasteiger partial charge is 0.356 e. The molecule has 1 N–H and O–H groups in total. The maximum atomic E-state index is 12.7. The van der Waals surface area contributed by atoms with E-state index in [9.17, 15) is 24.5 Å². The van der Waals surface area contributed by atoms with E-state index >= 15 is 0 Å². The lowest BCUT2D eigenvalue weighted by Gasteiger charge is -2.28. The fourth-order valence-electron chi connectivity index (χ4n) is 3.66. The lowest BCUT2D eigenvalue weighted by atomic mass is 10.2. The van der Waals surface area contributed by atoms with Gasteiger partial charge in [0.2, 0.25) is 5.91 Å². The van der Waals surface area contributed by atoms with E-state index in [0.29, 0.717) is 37.7 Å². The highest BCUT2D eigenvalue weighted by Gasteiger charge is 2.25. The summed E-state index contributed by atoms with van der Waals surface area (Å²) >= 11 is 0. The third-order valence-corrected chi connectivity index (χ3v) is 5.63. The summed E-state index contributed by atoms with van der Waals surface area (Å²) in [4.78, 5) is 51.3. The van der Waals surface area contributed by atoms with Crippen LogP contribution in [0.1, 0.15) is 13.3 Å². The summed E-state index contributed by atoms with van der Waals surface area (Å²) in [7, 11) is 3.09. The Morgan fingerprint density at radius 1 is 1.06 bits per heavy atom. The van der Waals surface area contributed by atoms with Crippen molar-refractivity contribution in [2.45, 2.75) is 19.4 Å². The number of rotatable bonds is 5. The van der Waals surface area contributed by atoms with E-state index in [-0.39, 0.29) is 22.8 Å². The van der Waals surface area contributed by atoms with Crippen LogP contribution in [-0.4, -0.2) is 57.1 Å². The third-order valence-electron chi connectivity index (χ3n) is 5.63. The Kier molecular flexibility index (Phi) is 6.54. The first-order valence-corrected chi connectivity index (χ1v) is 10.0. The highest BCUT2D eigenvalue weighted by Crippen LogP contribution is 2.17. The van der Waals surface area contributed by atoms with Crippen LogP contribution in [0.5, 0.6) is 0 Å². The van der Waals surface area contributed by atoms with Gasteiger partial charge in [-0.3, -0.25) is 33.7 Å². The van der Waals surface area contributed by atoms with Gasteiger partial charge in [0.15, 0.2) is 0 Å². The lowest BCUT2D eigenvalue weighted by Crippen LogP contribution is -2.44. The molecule has 1 fully saturated rings. The van der Waals surface area contributed by atoms with Gasteiger partial charge >= 0.3 is 5.69 Å². The fourth-order valence-corrected chi connectivity index (χ4v) is 3.66. The number of hydrogen-bond donors (Lipinski definition) is 1. The summed E-state index contributed by atoms with van der Waals surface area (Å²) in [5.41, 5.74) is -0.271. The van der Waals surface area contributed by atoms with Crippen molar-refractivity contribution in [1.29, 1.82) is 0 Å². The van der Waals surface area contributed by atoms with Crippen LogP contribution >= 0.6 is 0 Å². The van der Waals surface area contributed by atoms with Crippen LogP contribution in [0.15, 0.2) is 39.9 Å². The van der Waals surface area contributed by atoms with Gasteiger partial charge in [-0.05, 0) is 25.5 Å². The van der Waals surface area contributed by atoms with E-state index in [1.54, 1.807) is 7.05 Å². The third kappa shape index (κ3) is 4.82. The molecule has 1 atom stereocenters. The average Bonchev–Trinajstić information content (AvgIpc) is 3.00. The molecule has 166 valence electrons. The second-order valence-electron chi connectivity index (χ2n) is 7.59. The maximum absolute atomic E-state index is 12.7. The molecule has 0 saturated carbocycles. The molecule has 3 rings (SSSR count). The van der Waals surface area contributed by atoms with Crippen molar-refractivity contribution in [3.8, 4) is 0 Å². The summed E-state index contributed by atoms with van der Waals surface area (Å²) < 4.78 is 2.53. The first-order chi connectivity index (χ1) is 14.7. The molecule has 1 aliphatic rings. The first-order valence-electron chi connectivity index (χ1n) is 10.0. The average molecular weight is 430 g/mol. The first kappa shape index (κ1) is 22.2. The number of benzene rings is 1. The number of nitrogens with one attached hydrogen (secondary N) is 1. The van der Waals surface area contributed by atoms with Gasteiger partial charge in [0, 0.05) is 64.2 Å². The number of non-ortho nitro benzene ring substituents is 1.